The fourth-order valence-electron chi connectivity index (χ4n) is 3.45. The first-order valence-corrected chi connectivity index (χ1v) is 9.81. The van der Waals surface area contributed by atoms with Crippen LogP contribution in [-0.4, -0.2) is 29.0 Å². The number of hydrogen-bond acceptors (Lipinski definition) is 2. The van der Waals surface area contributed by atoms with Gasteiger partial charge in [0.15, 0.2) is 5.96 Å². The van der Waals surface area contributed by atoms with Crippen molar-refractivity contribution in [3.8, 4) is 0 Å². The second kappa shape index (κ2) is 9.74. The van der Waals surface area contributed by atoms with Gasteiger partial charge >= 0.3 is 0 Å². The third kappa shape index (κ3) is 5.22. The summed E-state index contributed by atoms with van der Waals surface area (Å²) in [6, 6.07) is 21.3. The van der Waals surface area contributed by atoms with Crippen molar-refractivity contribution in [2.24, 2.45) is 10.7 Å². The number of nitrogens with two attached hydrogens (primary N) is 1. The minimum Gasteiger partial charge on any atom is -0.370 e. The number of guanidine groups is 1. The second-order valence-electron chi connectivity index (χ2n) is 7.17. The van der Waals surface area contributed by atoms with E-state index in [1.54, 1.807) is 6.33 Å². The maximum absolute atomic E-state index is 6.06. The van der Waals surface area contributed by atoms with E-state index in [4.69, 9.17) is 5.73 Å². The van der Waals surface area contributed by atoms with Gasteiger partial charge in [0.2, 0.25) is 0 Å². The summed E-state index contributed by atoms with van der Waals surface area (Å²) in [7, 11) is 0. The smallest absolute Gasteiger partial charge is 0.188 e. The summed E-state index contributed by atoms with van der Waals surface area (Å²) in [5.41, 5.74) is 9.63. The second-order valence-corrected chi connectivity index (χ2v) is 7.17. The lowest BCUT2D eigenvalue weighted by molar-refractivity contribution is 0.514. The van der Waals surface area contributed by atoms with Crippen molar-refractivity contribution in [3.05, 3.63) is 90.0 Å². The molecule has 0 unspecified atom stereocenters. The van der Waals surface area contributed by atoms with Crippen LogP contribution in [0.4, 0.5) is 0 Å². The van der Waals surface area contributed by atoms with E-state index in [9.17, 15) is 0 Å². The molecule has 0 aliphatic carbocycles. The van der Waals surface area contributed by atoms with Crippen LogP contribution in [-0.2, 0) is 11.8 Å². The van der Waals surface area contributed by atoms with Crippen LogP contribution in [0, 0.1) is 0 Å². The lowest BCUT2D eigenvalue weighted by atomic mass is 9.74. The topological polar surface area (TPSA) is 79.1 Å². The normalized spacial score (nSPS) is 12.1. The van der Waals surface area contributed by atoms with Crippen LogP contribution < -0.4 is 11.1 Å². The van der Waals surface area contributed by atoms with Crippen LogP contribution in [0.3, 0.4) is 0 Å². The number of H-pyrrole nitrogens is 1. The Morgan fingerprint density at radius 3 is 2.29 bits per heavy atom. The summed E-state index contributed by atoms with van der Waals surface area (Å²) < 4.78 is 0. The van der Waals surface area contributed by atoms with E-state index < -0.39 is 0 Å². The highest BCUT2D eigenvalue weighted by Crippen LogP contribution is 2.34. The van der Waals surface area contributed by atoms with Crippen molar-refractivity contribution in [1.82, 2.24) is 15.3 Å². The van der Waals surface area contributed by atoms with E-state index in [0.29, 0.717) is 12.5 Å². The summed E-state index contributed by atoms with van der Waals surface area (Å²) in [5, 5.41) is 3.28. The van der Waals surface area contributed by atoms with Gasteiger partial charge in [-0.05, 0) is 30.4 Å². The highest BCUT2D eigenvalue weighted by atomic mass is 15.1. The Kier molecular flexibility index (Phi) is 6.84. The number of hydrogen-bond donors (Lipinski definition) is 3. The Labute approximate surface area is 167 Å². The van der Waals surface area contributed by atoms with Crippen molar-refractivity contribution in [2.75, 3.05) is 13.1 Å². The molecule has 4 N–H and O–H groups in total. The van der Waals surface area contributed by atoms with Gasteiger partial charge in [-0.1, -0.05) is 67.6 Å². The van der Waals surface area contributed by atoms with Gasteiger partial charge in [-0.25, -0.2) is 4.98 Å². The molecule has 0 spiro atoms. The van der Waals surface area contributed by atoms with Crippen molar-refractivity contribution >= 4 is 5.96 Å². The minimum atomic E-state index is -0.0875. The van der Waals surface area contributed by atoms with E-state index in [1.165, 1.54) is 11.1 Å². The molecule has 1 aromatic heterocycles. The highest BCUT2D eigenvalue weighted by Gasteiger charge is 2.28. The Hall–Kier alpha value is -3.08. The van der Waals surface area contributed by atoms with Gasteiger partial charge in [-0.3, -0.25) is 4.99 Å². The van der Waals surface area contributed by atoms with Gasteiger partial charge in [0.1, 0.15) is 0 Å². The van der Waals surface area contributed by atoms with E-state index in [2.05, 4.69) is 87.9 Å². The molecule has 28 heavy (non-hydrogen) atoms. The highest BCUT2D eigenvalue weighted by molar-refractivity contribution is 5.77. The molecule has 0 bridgehead atoms. The summed E-state index contributed by atoms with van der Waals surface area (Å²) in [6.45, 7) is 3.74. The minimum absolute atomic E-state index is 0.0875. The SMILES string of the molecule is CC(CCNC(N)=NCCCc1c[nH]cn1)(c1ccccc1)c1ccccc1. The zero-order chi connectivity index (χ0) is 19.7. The molecule has 0 atom stereocenters. The predicted octanol–water partition coefficient (Wildman–Crippen LogP) is 3.64. The maximum atomic E-state index is 6.06. The molecule has 5 heteroatoms. The first-order chi connectivity index (χ1) is 13.7. The number of aliphatic imine (C=N–C) groups is 1. The number of aromatic amines is 1. The fourth-order valence-corrected chi connectivity index (χ4v) is 3.45. The lowest BCUT2D eigenvalue weighted by Crippen LogP contribution is -2.36. The number of nitrogens with one attached hydrogen (secondary N) is 2. The number of benzene rings is 2. The first kappa shape index (κ1) is 19.7. The predicted molar refractivity (Wildman–Crippen MR) is 115 cm³/mol. The van der Waals surface area contributed by atoms with E-state index in [-0.39, 0.29) is 5.41 Å². The number of aryl methyl sites for hydroxylation is 1. The van der Waals surface area contributed by atoms with Crippen LogP contribution in [0.15, 0.2) is 78.2 Å². The Morgan fingerprint density at radius 1 is 1.07 bits per heavy atom. The van der Waals surface area contributed by atoms with Gasteiger partial charge in [0.05, 0.1) is 12.0 Å². The van der Waals surface area contributed by atoms with Crippen LogP contribution in [0.25, 0.3) is 0 Å². The van der Waals surface area contributed by atoms with Crippen LogP contribution in [0.1, 0.15) is 36.6 Å². The zero-order valence-corrected chi connectivity index (χ0v) is 16.4. The maximum Gasteiger partial charge on any atom is 0.188 e. The third-order valence-electron chi connectivity index (χ3n) is 5.18. The van der Waals surface area contributed by atoms with Gasteiger partial charge in [-0.2, -0.15) is 0 Å². The average molecular weight is 376 g/mol. The quantitative estimate of drug-likeness (QED) is 0.303. The summed E-state index contributed by atoms with van der Waals surface area (Å²) in [5.74, 6) is 0.505. The molecule has 3 aromatic rings. The van der Waals surface area contributed by atoms with E-state index in [1.807, 2.05) is 6.20 Å². The first-order valence-electron chi connectivity index (χ1n) is 9.81. The van der Waals surface area contributed by atoms with E-state index >= 15 is 0 Å². The molecule has 0 saturated carbocycles. The Morgan fingerprint density at radius 2 is 1.71 bits per heavy atom. The molecule has 146 valence electrons. The van der Waals surface area contributed by atoms with Gasteiger partial charge in [-0.15, -0.1) is 0 Å². The average Bonchev–Trinajstić information content (AvgIpc) is 3.26. The largest absolute Gasteiger partial charge is 0.370 e. The molecule has 0 amide bonds. The molecule has 3 rings (SSSR count). The summed E-state index contributed by atoms with van der Waals surface area (Å²) in [4.78, 5) is 11.6. The lowest BCUT2D eigenvalue weighted by Gasteiger charge is -2.31. The monoisotopic (exact) mass is 375 g/mol. The van der Waals surface area contributed by atoms with Crippen molar-refractivity contribution in [1.29, 1.82) is 0 Å². The molecule has 0 aliphatic rings. The molecule has 5 nitrogen and oxygen atoms in total. The molecule has 0 aliphatic heterocycles. The Balaban J connectivity index is 1.56. The van der Waals surface area contributed by atoms with Crippen molar-refractivity contribution in [2.45, 2.75) is 31.6 Å². The number of aromatic nitrogens is 2. The van der Waals surface area contributed by atoms with E-state index in [0.717, 1.165) is 31.5 Å². The number of rotatable bonds is 9. The third-order valence-corrected chi connectivity index (χ3v) is 5.18. The molecular weight excluding hydrogens is 346 g/mol. The number of nitrogens with zero attached hydrogens (tertiary/aromatic N) is 2. The molecule has 0 radical (unpaired) electrons. The molecule has 1 heterocycles. The standard InChI is InChI=1S/C23H29N5/c1-23(19-9-4-2-5-10-19,20-11-6-3-7-12-20)14-16-27-22(24)26-15-8-13-21-17-25-18-28-21/h2-7,9-12,17-18H,8,13-16H2,1H3,(H,25,28)(H3,24,26,27). The molecule has 2 aromatic carbocycles. The van der Waals surface area contributed by atoms with Gasteiger partial charge in [0.25, 0.3) is 0 Å². The molecular formula is C23H29N5. The van der Waals surface area contributed by atoms with Crippen molar-refractivity contribution < 1.29 is 0 Å². The van der Waals surface area contributed by atoms with Crippen LogP contribution >= 0.6 is 0 Å². The van der Waals surface area contributed by atoms with Gasteiger partial charge < -0.3 is 16.0 Å². The van der Waals surface area contributed by atoms with Gasteiger partial charge in [0, 0.05) is 24.7 Å². The fraction of sp³-hybridized carbons (Fsp3) is 0.304. The number of imidazole rings is 1. The summed E-state index contributed by atoms with van der Waals surface area (Å²) >= 11 is 0. The van der Waals surface area contributed by atoms with Crippen molar-refractivity contribution in [3.63, 3.8) is 0 Å². The summed E-state index contributed by atoms with van der Waals surface area (Å²) in [6.07, 6.45) is 6.37. The van der Waals surface area contributed by atoms with Crippen LogP contribution in [0.2, 0.25) is 0 Å². The molecule has 0 fully saturated rings. The Bertz CT molecular complexity index is 802. The molecule has 0 saturated heterocycles. The van der Waals surface area contributed by atoms with Crippen LogP contribution in [0.5, 0.6) is 0 Å². The zero-order valence-electron chi connectivity index (χ0n) is 16.4.